The Kier molecular flexibility index (Phi) is 3.88. The van der Waals surface area contributed by atoms with Crippen molar-refractivity contribution >= 4 is 32.7 Å². The lowest BCUT2D eigenvalue weighted by molar-refractivity contribution is 0.0988. The predicted molar refractivity (Wildman–Crippen MR) is 87.6 cm³/mol. The lowest BCUT2D eigenvalue weighted by Crippen LogP contribution is -2.00. The molecule has 0 amide bonds. The minimum Gasteiger partial charge on any atom is -0.326 e. The molecule has 0 aliphatic carbocycles. The molecule has 0 aliphatic rings. The van der Waals surface area contributed by atoms with Crippen LogP contribution in [-0.2, 0) is 6.54 Å². The Morgan fingerprint density at radius 3 is 2.67 bits per heavy atom. The first-order valence-corrected chi connectivity index (χ1v) is 7.69. The summed E-state index contributed by atoms with van der Waals surface area (Å²) in [6, 6.07) is 13.9. The van der Waals surface area contributed by atoms with Gasteiger partial charge in [-0.1, -0.05) is 47.1 Å². The van der Waals surface area contributed by atoms with Crippen LogP contribution in [0.4, 0.5) is 0 Å². The quantitative estimate of drug-likeness (QED) is 0.657. The van der Waals surface area contributed by atoms with Crippen molar-refractivity contribution < 1.29 is 4.79 Å². The molecule has 4 heteroatoms. The highest BCUT2D eigenvalue weighted by Gasteiger charge is 2.05. The van der Waals surface area contributed by atoms with Gasteiger partial charge in [-0.3, -0.25) is 4.79 Å². The summed E-state index contributed by atoms with van der Waals surface area (Å²) in [6.07, 6.45) is 2.39. The molecule has 0 N–H and O–H groups in total. The molecular weight excluding hydrogens is 328 g/mol. The lowest BCUT2D eigenvalue weighted by atomic mass is 10.1. The average molecular weight is 343 g/mol. The number of benzene rings is 2. The molecule has 21 heavy (non-hydrogen) atoms. The van der Waals surface area contributed by atoms with Gasteiger partial charge in [0.15, 0.2) is 5.78 Å². The smallest absolute Gasteiger partial charge is 0.162 e. The average Bonchev–Trinajstić information content (AvgIpc) is 2.89. The molecule has 0 bridgehead atoms. The summed E-state index contributed by atoms with van der Waals surface area (Å²) in [7, 11) is 0. The van der Waals surface area contributed by atoms with Crippen molar-refractivity contribution in [1.29, 1.82) is 0 Å². The number of Topliss-reactive ketones (excluding diaryl/α,β-unsaturated/α-hetero) is 1. The van der Waals surface area contributed by atoms with Crippen molar-refractivity contribution in [2.24, 2.45) is 0 Å². The Morgan fingerprint density at radius 2 is 1.95 bits per heavy atom. The maximum atomic E-state index is 11.6. The van der Waals surface area contributed by atoms with Crippen LogP contribution >= 0.6 is 15.9 Å². The third-order valence-corrected chi connectivity index (χ3v) is 4.03. The van der Waals surface area contributed by atoms with Gasteiger partial charge in [-0.25, -0.2) is 4.98 Å². The molecule has 1 aromatic heterocycles. The van der Waals surface area contributed by atoms with E-state index in [9.17, 15) is 4.79 Å². The van der Waals surface area contributed by atoms with E-state index in [-0.39, 0.29) is 5.78 Å². The number of carbonyl (C=O) groups is 1. The number of rotatable bonds is 4. The zero-order valence-corrected chi connectivity index (χ0v) is 13.3. The van der Waals surface area contributed by atoms with Crippen molar-refractivity contribution in [2.75, 3.05) is 0 Å². The van der Waals surface area contributed by atoms with Crippen LogP contribution in [0.5, 0.6) is 0 Å². The molecule has 2 aromatic carbocycles. The van der Waals surface area contributed by atoms with Gasteiger partial charge in [0, 0.05) is 23.0 Å². The van der Waals surface area contributed by atoms with E-state index in [4.69, 9.17) is 0 Å². The Morgan fingerprint density at radius 1 is 1.19 bits per heavy atom. The van der Waals surface area contributed by atoms with Crippen LogP contribution in [0.3, 0.4) is 0 Å². The molecular formula is C17H15BrN2O. The fourth-order valence-corrected chi connectivity index (χ4v) is 2.71. The predicted octanol–water partition coefficient (Wildman–Crippen LogP) is 4.44. The second-order valence-corrected chi connectivity index (χ2v) is 5.89. The van der Waals surface area contributed by atoms with Crippen LogP contribution in [0.15, 0.2) is 53.3 Å². The molecule has 3 aromatic rings. The van der Waals surface area contributed by atoms with Crippen LogP contribution in [0.25, 0.3) is 11.0 Å². The summed E-state index contributed by atoms with van der Waals surface area (Å²) in [4.78, 5) is 16.0. The minimum absolute atomic E-state index is 0.180. The van der Waals surface area contributed by atoms with Gasteiger partial charge in [0.05, 0.1) is 17.4 Å². The molecule has 0 aliphatic heterocycles. The van der Waals surface area contributed by atoms with E-state index in [1.807, 2.05) is 49.6 Å². The topological polar surface area (TPSA) is 34.9 Å². The maximum absolute atomic E-state index is 11.6. The van der Waals surface area contributed by atoms with E-state index < -0.39 is 0 Å². The highest BCUT2D eigenvalue weighted by molar-refractivity contribution is 9.10. The van der Waals surface area contributed by atoms with Crippen LogP contribution in [0.1, 0.15) is 29.3 Å². The summed E-state index contributed by atoms with van der Waals surface area (Å²) >= 11 is 3.46. The molecule has 3 nitrogen and oxygen atoms in total. The largest absolute Gasteiger partial charge is 0.326 e. The van der Waals surface area contributed by atoms with Crippen molar-refractivity contribution in [1.82, 2.24) is 9.55 Å². The van der Waals surface area contributed by atoms with Gasteiger partial charge >= 0.3 is 0 Å². The molecule has 0 spiro atoms. The number of ketones is 1. The van der Waals surface area contributed by atoms with Crippen LogP contribution in [0.2, 0.25) is 0 Å². The molecule has 0 radical (unpaired) electrons. The number of hydrogen-bond donors (Lipinski definition) is 0. The lowest BCUT2D eigenvalue weighted by Gasteiger charge is -2.06. The monoisotopic (exact) mass is 342 g/mol. The van der Waals surface area contributed by atoms with Gasteiger partial charge in [0.2, 0.25) is 0 Å². The molecule has 106 valence electrons. The van der Waals surface area contributed by atoms with Crippen molar-refractivity contribution in [3.63, 3.8) is 0 Å². The van der Waals surface area contributed by atoms with E-state index in [0.29, 0.717) is 6.42 Å². The van der Waals surface area contributed by atoms with Gasteiger partial charge < -0.3 is 4.57 Å². The summed E-state index contributed by atoms with van der Waals surface area (Å²) in [5.41, 5.74) is 4.01. The van der Waals surface area contributed by atoms with Crippen LogP contribution < -0.4 is 0 Å². The molecule has 0 fully saturated rings. The van der Waals surface area contributed by atoms with Crippen molar-refractivity contribution in [2.45, 2.75) is 19.9 Å². The minimum atomic E-state index is 0.180. The second-order valence-electron chi connectivity index (χ2n) is 4.98. The zero-order chi connectivity index (χ0) is 14.8. The number of halogens is 1. The Hall–Kier alpha value is -1.94. The third-order valence-electron chi connectivity index (χ3n) is 3.53. The first-order valence-electron chi connectivity index (χ1n) is 6.90. The van der Waals surface area contributed by atoms with E-state index >= 15 is 0 Å². The van der Waals surface area contributed by atoms with Crippen LogP contribution in [-0.4, -0.2) is 15.3 Å². The zero-order valence-electron chi connectivity index (χ0n) is 11.7. The van der Waals surface area contributed by atoms with Gasteiger partial charge in [-0.2, -0.15) is 0 Å². The first-order chi connectivity index (χ1) is 10.2. The second kappa shape index (κ2) is 5.82. The van der Waals surface area contributed by atoms with E-state index in [2.05, 4.69) is 31.5 Å². The molecule has 1 heterocycles. The van der Waals surface area contributed by atoms with E-state index in [0.717, 1.165) is 33.2 Å². The Balaban J connectivity index is 1.86. The molecule has 3 rings (SSSR count). The summed E-state index contributed by atoms with van der Waals surface area (Å²) in [6.45, 7) is 2.63. The highest BCUT2D eigenvalue weighted by Crippen LogP contribution is 2.19. The number of nitrogens with zero attached hydrogens (tertiary/aromatic N) is 2. The maximum Gasteiger partial charge on any atom is 0.162 e. The standard InChI is InChI=1S/C17H15BrN2O/c1-2-17(21)13-5-3-12(4-6-13)10-20-11-19-15-9-14(18)7-8-16(15)20/h3-9,11H,2,10H2,1H3. The SMILES string of the molecule is CCC(=O)c1ccc(Cn2cnc3cc(Br)ccc32)cc1. The molecule has 0 atom stereocenters. The Labute approximate surface area is 131 Å². The van der Waals surface area contributed by atoms with Crippen molar-refractivity contribution in [3.05, 3.63) is 64.4 Å². The fraction of sp³-hybridized carbons (Fsp3) is 0.176. The number of aromatic nitrogens is 2. The summed E-state index contributed by atoms with van der Waals surface area (Å²) < 4.78 is 3.14. The van der Waals surface area contributed by atoms with E-state index in [1.165, 1.54) is 0 Å². The highest BCUT2D eigenvalue weighted by atomic mass is 79.9. The fourth-order valence-electron chi connectivity index (χ4n) is 2.36. The van der Waals surface area contributed by atoms with Crippen molar-refractivity contribution in [3.8, 4) is 0 Å². The molecule has 0 saturated carbocycles. The van der Waals surface area contributed by atoms with Crippen LogP contribution in [0, 0.1) is 0 Å². The van der Waals surface area contributed by atoms with E-state index in [1.54, 1.807) is 0 Å². The molecule has 0 saturated heterocycles. The first kappa shape index (κ1) is 14.0. The third kappa shape index (κ3) is 2.90. The molecule has 0 unspecified atom stereocenters. The summed E-state index contributed by atoms with van der Waals surface area (Å²) in [5, 5.41) is 0. The number of imidazole rings is 1. The number of fused-ring (bicyclic) bond motifs is 1. The summed E-state index contributed by atoms with van der Waals surface area (Å²) in [5.74, 6) is 0.180. The van der Waals surface area contributed by atoms with Gasteiger partial charge in [0.1, 0.15) is 0 Å². The van der Waals surface area contributed by atoms with Gasteiger partial charge in [-0.15, -0.1) is 0 Å². The van der Waals surface area contributed by atoms with Gasteiger partial charge in [-0.05, 0) is 23.8 Å². The van der Waals surface area contributed by atoms with Gasteiger partial charge in [0.25, 0.3) is 0 Å². The normalized spacial score (nSPS) is 11.0. The number of carbonyl (C=O) groups excluding carboxylic acids is 1. The number of hydrogen-bond acceptors (Lipinski definition) is 2. The Bertz CT molecular complexity index is 790.